The number of aromatic nitrogens is 2. The second-order valence-corrected chi connectivity index (χ2v) is 4.64. The summed E-state index contributed by atoms with van der Waals surface area (Å²) in [5.41, 5.74) is 2.05. The van der Waals surface area contributed by atoms with E-state index in [9.17, 15) is 4.39 Å². The van der Waals surface area contributed by atoms with E-state index in [1.165, 1.54) is 6.07 Å². The van der Waals surface area contributed by atoms with Crippen LogP contribution in [0.3, 0.4) is 0 Å². The third-order valence-corrected chi connectivity index (χ3v) is 3.03. The van der Waals surface area contributed by atoms with Gasteiger partial charge in [-0.2, -0.15) is 5.10 Å². The normalized spacial score (nSPS) is 10.4. The molecule has 0 saturated carbocycles. The second kappa shape index (κ2) is 5.26. The van der Waals surface area contributed by atoms with Crippen molar-refractivity contribution in [3.63, 3.8) is 0 Å². The maximum Gasteiger partial charge on any atom is 0.175 e. The zero-order valence-electron chi connectivity index (χ0n) is 10.4. The van der Waals surface area contributed by atoms with Gasteiger partial charge in [0, 0.05) is 11.1 Å². The summed E-state index contributed by atoms with van der Waals surface area (Å²) in [4.78, 5) is 0. The number of nitrogens with zero attached hydrogens (tertiary/aromatic N) is 1. The van der Waals surface area contributed by atoms with Gasteiger partial charge in [-0.25, -0.2) is 4.39 Å². The van der Waals surface area contributed by atoms with Crippen molar-refractivity contribution in [1.29, 1.82) is 0 Å². The van der Waals surface area contributed by atoms with Crippen LogP contribution in [0.15, 0.2) is 48.7 Å². The Balaban J connectivity index is 1.74. The van der Waals surface area contributed by atoms with Crippen LogP contribution in [0, 0.1) is 5.82 Å². The number of hydrogen-bond donors (Lipinski definition) is 3. The smallest absolute Gasteiger partial charge is 0.175 e. The van der Waals surface area contributed by atoms with Gasteiger partial charge in [0.2, 0.25) is 0 Å². The Kier molecular flexibility index (Phi) is 3.30. The quantitative estimate of drug-likeness (QED) is 0.631. The van der Waals surface area contributed by atoms with Crippen molar-refractivity contribution >= 4 is 39.6 Å². The molecule has 1 aromatic heterocycles. The highest BCUT2D eigenvalue weighted by molar-refractivity contribution is 7.80. The van der Waals surface area contributed by atoms with E-state index in [0.717, 1.165) is 16.6 Å². The van der Waals surface area contributed by atoms with Crippen LogP contribution in [-0.4, -0.2) is 15.3 Å². The SMILES string of the molecule is Fc1ccccc1NC(=S)Nc1ccc2cn[nH]c2c1. The molecule has 0 bridgehead atoms. The molecule has 0 unspecified atom stereocenters. The summed E-state index contributed by atoms with van der Waals surface area (Å²) in [6, 6.07) is 12.1. The van der Waals surface area contributed by atoms with Crippen molar-refractivity contribution in [1.82, 2.24) is 10.2 Å². The van der Waals surface area contributed by atoms with E-state index < -0.39 is 0 Å². The van der Waals surface area contributed by atoms with E-state index in [-0.39, 0.29) is 5.82 Å². The third-order valence-electron chi connectivity index (χ3n) is 2.82. The number of aromatic amines is 1. The van der Waals surface area contributed by atoms with Crippen molar-refractivity contribution in [3.8, 4) is 0 Å². The molecule has 0 aliphatic heterocycles. The first kappa shape index (κ1) is 12.6. The van der Waals surface area contributed by atoms with Crippen LogP contribution in [0.4, 0.5) is 15.8 Å². The van der Waals surface area contributed by atoms with Gasteiger partial charge in [-0.3, -0.25) is 5.10 Å². The van der Waals surface area contributed by atoms with E-state index in [2.05, 4.69) is 20.8 Å². The Morgan fingerprint density at radius 1 is 1.15 bits per heavy atom. The van der Waals surface area contributed by atoms with E-state index in [1.54, 1.807) is 24.4 Å². The molecule has 3 rings (SSSR count). The van der Waals surface area contributed by atoms with Gasteiger partial charge in [0.15, 0.2) is 5.11 Å². The molecule has 6 heteroatoms. The molecule has 0 radical (unpaired) electrons. The Hall–Kier alpha value is -2.47. The van der Waals surface area contributed by atoms with Crippen LogP contribution in [0.5, 0.6) is 0 Å². The first-order valence-corrected chi connectivity index (χ1v) is 6.39. The molecule has 0 amide bonds. The number of para-hydroxylation sites is 1. The number of benzene rings is 2. The predicted molar refractivity (Wildman–Crippen MR) is 82.3 cm³/mol. The van der Waals surface area contributed by atoms with Gasteiger partial charge in [-0.05, 0) is 42.5 Å². The third kappa shape index (κ3) is 2.60. The minimum atomic E-state index is -0.347. The molecule has 0 saturated heterocycles. The molecule has 3 aromatic rings. The average molecular weight is 286 g/mol. The minimum absolute atomic E-state index is 0.328. The molecule has 100 valence electrons. The summed E-state index contributed by atoms with van der Waals surface area (Å²) in [6.07, 6.45) is 1.75. The maximum absolute atomic E-state index is 13.5. The monoisotopic (exact) mass is 286 g/mol. The highest BCUT2D eigenvalue weighted by atomic mass is 32.1. The Labute approximate surface area is 120 Å². The zero-order valence-corrected chi connectivity index (χ0v) is 11.2. The first-order valence-electron chi connectivity index (χ1n) is 5.98. The van der Waals surface area contributed by atoms with Crippen molar-refractivity contribution < 1.29 is 4.39 Å². The fourth-order valence-electron chi connectivity index (χ4n) is 1.86. The number of fused-ring (bicyclic) bond motifs is 1. The standard InChI is InChI=1S/C14H11FN4S/c15-11-3-1-2-4-12(11)18-14(20)17-10-6-5-9-8-16-19-13(9)7-10/h1-8H,(H,16,19)(H2,17,18,20). The van der Waals surface area contributed by atoms with Crippen molar-refractivity contribution in [2.24, 2.45) is 0 Å². The Bertz CT molecular complexity index is 768. The van der Waals surface area contributed by atoms with Gasteiger partial charge < -0.3 is 10.6 Å². The lowest BCUT2D eigenvalue weighted by Crippen LogP contribution is -2.19. The summed E-state index contributed by atoms with van der Waals surface area (Å²) in [6.45, 7) is 0. The van der Waals surface area contributed by atoms with E-state index in [1.807, 2.05) is 18.2 Å². The zero-order chi connectivity index (χ0) is 13.9. The van der Waals surface area contributed by atoms with Gasteiger partial charge in [-0.15, -0.1) is 0 Å². The van der Waals surface area contributed by atoms with Crippen LogP contribution in [0.25, 0.3) is 10.9 Å². The topological polar surface area (TPSA) is 52.7 Å². The lowest BCUT2D eigenvalue weighted by Gasteiger charge is -2.11. The molecule has 0 aliphatic rings. The molecule has 0 atom stereocenters. The van der Waals surface area contributed by atoms with Gasteiger partial charge in [0.1, 0.15) is 5.82 Å². The predicted octanol–water partition coefficient (Wildman–Crippen LogP) is 3.51. The molecule has 0 spiro atoms. The fraction of sp³-hybridized carbons (Fsp3) is 0. The molecule has 3 N–H and O–H groups in total. The van der Waals surface area contributed by atoms with E-state index >= 15 is 0 Å². The summed E-state index contributed by atoms with van der Waals surface area (Å²) < 4.78 is 13.5. The molecular weight excluding hydrogens is 275 g/mol. The van der Waals surface area contributed by atoms with Crippen LogP contribution in [-0.2, 0) is 0 Å². The van der Waals surface area contributed by atoms with E-state index in [4.69, 9.17) is 12.2 Å². The average Bonchev–Trinajstić information content (AvgIpc) is 2.89. The lowest BCUT2D eigenvalue weighted by atomic mass is 10.2. The molecule has 0 aliphatic carbocycles. The Morgan fingerprint density at radius 2 is 2.00 bits per heavy atom. The highest BCUT2D eigenvalue weighted by Crippen LogP contribution is 2.17. The van der Waals surface area contributed by atoms with Crippen LogP contribution in [0.1, 0.15) is 0 Å². The van der Waals surface area contributed by atoms with Gasteiger partial charge in [-0.1, -0.05) is 12.1 Å². The van der Waals surface area contributed by atoms with Gasteiger partial charge >= 0.3 is 0 Å². The first-order chi connectivity index (χ1) is 9.72. The highest BCUT2D eigenvalue weighted by Gasteiger charge is 2.04. The molecule has 4 nitrogen and oxygen atoms in total. The van der Waals surface area contributed by atoms with Crippen molar-refractivity contribution in [3.05, 3.63) is 54.5 Å². The molecular formula is C14H11FN4S. The molecule has 2 aromatic carbocycles. The number of anilines is 2. The summed E-state index contributed by atoms with van der Waals surface area (Å²) in [5.74, 6) is -0.347. The minimum Gasteiger partial charge on any atom is -0.332 e. The fourth-order valence-corrected chi connectivity index (χ4v) is 2.09. The van der Waals surface area contributed by atoms with Crippen LogP contribution < -0.4 is 10.6 Å². The number of nitrogens with one attached hydrogen (secondary N) is 3. The van der Waals surface area contributed by atoms with Crippen LogP contribution >= 0.6 is 12.2 Å². The van der Waals surface area contributed by atoms with Crippen molar-refractivity contribution in [2.75, 3.05) is 10.6 Å². The second-order valence-electron chi connectivity index (χ2n) is 4.23. The number of H-pyrrole nitrogens is 1. The molecule has 20 heavy (non-hydrogen) atoms. The Morgan fingerprint density at radius 3 is 2.85 bits per heavy atom. The largest absolute Gasteiger partial charge is 0.332 e. The number of thiocarbonyl (C=S) groups is 1. The summed E-state index contributed by atoms with van der Waals surface area (Å²) in [5, 5.41) is 14.0. The lowest BCUT2D eigenvalue weighted by molar-refractivity contribution is 0.632. The molecule has 1 heterocycles. The van der Waals surface area contributed by atoms with Crippen LogP contribution in [0.2, 0.25) is 0 Å². The van der Waals surface area contributed by atoms with Crippen molar-refractivity contribution in [2.45, 2.75) is 0 Å². The van der Waals surface area contributed by atoms with Gasteiger partial charge in [0.25, 0.3) is 0 Å². The number of hydrogen-bond acceptors (Lipinski definition) is 2. The summed E-state index contributed by atoms with van der Waals surface area (Å²) >= 11 is 5.17. The maximum atomic E-state index is 13.5. The number of halogens is 1. The number of rotatable bonds is 2. The summed E-state index contributed by atoms with van der Waals surface area (Å²) in [7, 11) is 0. The van der Waals surface area contributed by atoms with E-state index in [0.29, 0.717) is 10.8 Å². The molecule has 0 fully saturated rings. The van der Waals surface area contributed by atoms with Gasteiger partial charge in [0.05, 0.1) is 17.4 Å².